The molecule has 0 atom stereocenters. The van der Waals surface area contributed by atoms with Crippen LogP contribution >= 0.6 is 22.7 Å². The molecule has 0 spiro atoms. The Bertz CT molecular complexity index is 1650. The van der Waals surface area contributed by atoms with Crippen LogP contribution in [0.15, 0.2) is 65.0 Å². The highest BCUT2D eigenvalue weighted by molar-refractivity contribution is 7.16. The summed E-state index contributed by atoms with van der Waals surface area (Å²) in [6.07, 6.45) is 3.35. The Balaban J connectivity index is 1.16. The highest BCUT2D eigenvalue weighted by Gasteiger charge is 2.19. The van der Waals surface area contributed by atoms with E-state index in [1.54, 1.807) is 43.3 Å². The number of hydrogen-bond donors (Lipinski definition) is 4. The fourth-order valence-electron chi connectivity index (χ4n) is 4.80. The summed E-state index contributed by atoms with van der Waals surface area (Å²) in [4.78, 5) is 43.5. The molecular formula is C32H31N3O5S2. The summed E-state index contributed by atoms with van der Waals surface area (Å²) in [5.41, 5.74) is 6.20. The summed E-state index contributed by atoms with van der Waals surface area (Å²) in [5, 5.41) is 27.0. The quantitative estimate of drug-likeness (QED) is 0.142. The third-order valence-electron chi connectivity index (χ3n) is 7.15. The molecule has 42 heavy (non-hydrogen) atoms. The molecule has 2 heterocycles. The maximum absolute atomic E-state index is 12.8. The summed E-state index contributed by atoms with van der Waals surface area (Å²) in [6.45, 7) is 2.01. The first-order chi connectivity index (χ1) is 20.3. The normalized spacial score (nSPS) is 12.7. The molecule has 0 radical (unpaired) electrons. The van der Waals surface area contributed by atoms with Crippen molar-refractivity contribution in [2.45, 2.75) is 32.7 Å². The van der Waals surface area contributed by atoms with Crippen LogP contribution in [-0.4, -0.2) is 53.2 Å². The lowest BCUT2D eigenvalue weighted by molar-refractivity contribution is 0.0939. The zero-order chi connectivity index (χ0) is 29.6. The molecule has 0 aliphatic heterocycles. The number of aromatic hydroxyl groups is 1. The summed E-state index contributed by atoms with van der Waals surface area (Å²) in [7, 11) is 0. The monoisotopic (exact) mass is 601 g/mol. The largest absolute Gasteiger partial charge is 0.506 e. The van der Waals surface area contributed by atoms with E-state index < -0.39 is 0 Å². The van der Waals surface area contributed by atoms with Gasteiger partial charge in [0.1, 0.15) is 12.3 Å². The van der Waals surface area contributed by atoms with Crippen LogP contribution in [0.4, 0.5) is 0 Å². The number of rotatable bonds is 11. The number of nitrogens with one attached hydrogen (secondary N) is 2. The number of ketones is 1. The molecule has 0 saturated carbocycles. The van der Waals surface area contributed by atoms with E-state index in [0.717, 1.165) is 40.2 Å². The van der Waals surface area contributed by atoms with Crippen molar-refractivity contribution in [1.29, 1.82) is 0 Å². The second-order valence-corrected chi connectivity index (χ2v) is 12.0. The van der Waals surface area contributed by atoms with Gasteiger partial charge in [-0.15, -0.1) is 22.7 Å². The molecule has 0 fully saturated rings. The van der Waals surface area contributed by atoms with Gasteiger partial charge in [0, 0.05) is 35.3 Å². The first-order valence-corrected chi connectivity index (χ1v) is 15.4. The first kappa shape index (κ1) is 29.4. The molecule has 1 aliphatic carbocycles. The molecule has 4 aromatic rings. The number of aryl methyl sites for hydroxylation is 2. The number of thiophene rings is 2. The van der Waals surface area contributed by atoms with Gasteiger partial charge in [-0.25, -0.2) is 0 Å². The molecule has 5 rings (SSSR count). The highest BCUT2D eigenvalue weighted by Crippen LogP contribution is 2.40. The topological polar surface area (TPSA) is 128 Å². The van der Waals surface area contributed by atoms with Crippen molar-refractivity contribution in [3.05, 3.63) is 97.5 Å². The van der Waals surface area contributed by atoms with E-state index in [2.05, 4.69) is 33.8 Å². The second-order valence-electron chi connectivity index (χ2n) is 10.0. The Morgan fingerprint density at radius 1 is 0.929 bits per heavy atom. The smallest absolute Gasteiger partial charge is 0.261 e. The third-order valence-corrected chi connectivity index (χ3v) is 9.29. The van der Waals surface area contributed by atoms with Crippen molar-refractivity contribution in [2.75, 3.05) is 19.7 Å². The van der Waals surface area contributed by atoms with Crippen molar-refractivity contribution in [3.8, 4) is 16.2 Å². The zero-order valence-corrected chi connectivity index (χ0v) is 24.7. The van der Waals surface area contributed by atoms with E-state index in [1.807, 2.05) is 5.38 Å². The van der Waals surface area contributed by atoms with E-state index in [-0.39, 0.29) is 49.6 Å². The summed E-state index contributed by atoms with van der Waals surface area (Å²) in [6, 6.07) is 16.4. The molecule has 0 saturated heterocycles. The third kappa shape index (κ3) is 6.67. The average Bonchev–Trinajstić information content (AvgIpc) is 3.77. The number of aliphatic hydroxyl groups is 1. The van der Waals surface area contributed by atoms with Gasteiger partial charge in [-0.3, -0.25) is 19.4 Å². The molecule has 216 valence electrons. The molecule has 0 unspecified atom stereocenters. The molecule has 2 amide bonds. The lowest BCUT2D eigenvalue weighted by Gasteiger charge is -2.06. The Morgan fingerprint density at radius 2 is 1.69 bits per heavy atom. The lowest BCUT2D eigenvalue weighted by Crippen LogP contribution is -2.26. The highest BCUT2D eigenvalue weighted by atomic mass is 32.1. The van der Waals surface area contributed by atoms with E-state index in [1.165, 1.54) is 28.9 Å². The SMILES string of the molecule is CC(=NCC(=O)c1ccc(C(=O)NCc2ccc(C(=O)NCCO)cc2)s1)c1csc(-c2ccc3c(c2)CCC3)c1O. The van der Waals surface area contributed by atoms with Crippen LogP contribution in [0, 0.1) is 0 Å². The fourth-order valence-corrected chi connectivity index (χ4v) is 6.66. The summed E-state index contributed by atoms with van der Waals surface area (Å²) >= 11 is 2.57. The van der Waals surface area contributed by atoms with Crippen LogP contribution in [0.5, 0.6) is 5.75 Å². The van der Waals surface area contributed by atoms with E-state index >= 15 is 0 Å². The number of carbonyl (C=O) groups is 3. The maximum atomic E-state index is 12.8. The molecule has 8 nitrogen and oxygen atoms in total. The van der Waals surface area contributed by atoms with Crippen molar-refractivity contribution in [1.82, 2.24) is 10.6 Å². The van der Waals surface area contributed by atoms with Gasteiger partial charge < -0.3 is 20.8 Å². The minimum Gasteiger partial charge on any atom is -0.506 e. The summed E-state index contributed by atoms with van der Waals surface area (Å²) in [5.74, 6) is -0.601. The zero-order valence-electron chi connectivity index (χ0n) is 23.1. The Hall–Kier alpha value is -4.12. The van der Waals surface area contributed by atoms with Gasteiger partial charge in [0.15, 0.2) is 5.78 Å². The predicted molar refractivity (Wildman–Crippen MR) is 166 cm³/mol. The molecule has 4 N–H and O–H groups in total. The number of aliphatic hydroxyl groups excluding tert-OH is 1. The van der Waals surface area contributed by atoms with Crippen molar-refractivity contribution in [2.24, 2.45) is 4.99 Å². The van der Waals surface area contributed by atoms with Gasteiger partial charge in [-0.2, -0.15) is 0 Å². The Kier molecular flexibility index (Phi) is 9.26. The average molecular weight is 602 g/mol. The lowest BCUT2D eigenvalue weighted by atomic mass is 10.0. The maximum Gasteiger partial charge on any atom is 0.261 e. The molecule has 2 aromatic carbocycles. The van der Waals surface area contributed by atoms with Gasteiger partial charge in [0.2, 0.25) is 0 Å². The number of aliphatic imine (C=N–C) groups is 1. The van der Waals surface area contributed by atoms with Crippen molar-refractivity contribution >= 4 is 46.0 Å². The van der Waals surface area contributed by atoms with Crippen LogP contribution in [0.1, 0.15) is 65.3 Å². The van der Waals surface area contributed by atoms with E-state index in [0.29, 0.717) is 26.6 Å². The van der Waals surface area contributed by atoms with Gasteiger partial charge in [0.05, 0.1) is 21.2 Å². The Labute approximate surface area is 251 Å². The minimum absolute atomic E-state index is 0.0882. The molecule has 2 aromatic heterocycles. The van der Waals surface area contributed by atoms with Crippen LogP contribution < -0.4 is 10.6 Å². The molecule has 10 heteroatoms. The minimum atomic E-state index is -0.300. The second kappa shape index (κ2) is 13.2. The number of nitrogens with zero attached hydrogens (tertiary/aromatic N) is 1. The molecule has 0 bridgehead atoms. The fraction of sp³-hybridized carbons (Fsp3) is 0.250. The van der Waals surface area contributed by atoms with Gasteiger partial charge in [-0.05, 0) is 78.8 Å². The van der Waals surface area contributed by atoms with E-state index in [4.69, 9.17) is 5.11 Å². The van der Waals surface area contributed by atoms with Gasteiger partial charge in [0.25, 0.3) is 11.8 Å². The number of Topliss-reactive ketones (excluding diaryl/α,β-unsaturated/α-hetero) is 1. The summed E-state index contributed by atoms with van der Waals surface area (Å²) < 4.78 is 0. The number of carbonyl (C=O) groups excluding carboxylic acids is 3. The first-order valence-electron chi connectivity index (χ1n) is 13.7. The van der Waals surface area contributed by atoms with Gasteiger partial charge >= 0.3 is 0 Å². The van der Waals surface area contributed by atoms with Crippen LogP contribution in [0.25, 0.3) is 10.4 Å². The molecule has 1 aliphatic rings. The predicted octanol–water partition coefficient (Wildman–Crippen LogP) is 5.01. The Morgan fingerprint density at radius 3 is 2.48 bits per heavy atom. The number of benzene rings is 2. The van der Waals surface area contributed by atoms with Crippen LogP contribution in [0.2, 0.25) is 0 Å². The number of hydrogen-bond acceptors (Lipinski definition) is 8. The van der Waals surface area contributed by atoms with Crippen molar-refractivity contribution in [3.63, 3.8) is 0 Å². The number of amides is 2. The van der Waals surface area contributed by atoms with Crippen molar-refractivity contribution < 1.29 is 24.6 Å². The molecular weight excluding hydrogens is 571 g/mol. The van der Waals surface area contributed by atoms with Gasteiger partial charge in [-0.1, -0.05) is 24.3 Å². The van der Waals surface area contributed by atoms with E-state index in [9.17, 15) is 19.5 Å². The number of fused-ring (bicyclic) bond motifs is 1. The van der Waals surface area contributed by atoms with Crippen LogP contribution in [-0.2, 0) is 19.4 Å². The van der Waals surface area contributed by atoms with Crippen LogP contribution in [0.3, 0.4) is 0 Å². The standard InChI is InChI=1S/C32H31N3O5S2/c1-19(25-18-41-30(29(25)38)24-10-9-21-3-2-4-23(21)15-24)34-17-26(37)27-11-12-28(42-27)32(40)35-16-20-5-7-22(8-6-20)31(39)33-13-14-36/h5-12,15,18,36,38H,2-4,13-14,16-17H2,1H3,(H,33,39)(H,35,40).